The Morgan fingerprint density at radius 1 is 1.24 bits per heavy atom. The molecule has 0 radical (unpaired) electrons. The second kappa shape index (κ2) is 6.80. The van der Waals surface area contributed by atoms with Gasteiger partial charge < -0.3 is 5.73 Å². The zero-order chi connectivity index (χ0) is 12.8. The Morgan fingerprint density at radius 2 is 1.88 bits per heavy atom. The molecular formula is C14H27N3. The van der Waals surface area contributed by atoms with Crippen molar-refractivity contribution in [3.05, 3.63) is 18.0 Å². The molecule has 98 valence electrons. The maximum atomic E-state index is 5.70. The van der Waals surface area contributed by atoms with Gasteiger partial charge in [0.1, 0.15) is 0 Å². The van der Waals surface area contributed by atoms with Crippen LogP contribution in [0.4, 0.5) is 0 Å². The van der Waals surface area contributed by atoms with E-state index in [0.717, 1.165) is 25.8 Å². The number of nitrogens with two attached hydrogens (primary N) is 1. The van der Waals surface area contributed by atoms with Gasteiger partial charge in [-0.2, -0.15) is 5.10 Å². The third-order valence-corrected chi connectivity index (χ3v) is 3.85. The first kappa shape index (κ1) is 14.2. The highest BCUT2D eigenvalue weighted by atomic mass is 15.3. The minimum absolute atomic E-state index is 0.547. The summed E-state index contributed by atoms with van der Waals surface area (Å²) in [6.45, 7) is 9.66. The highest BCUT2D eigenvalue weighted by molar-refractivity contribution is 5.01. The molecule has 3 heteroatoms. The number of nitrogens with zero attached hydrogens (tertiary/aromatic N) is 2. The molecule has 0 aliphatic heterocycles. The molecule has 3 nitrogen and oxygen atoms in total. The first-order chi connectivity index (χ1) is 8.12. The maximum Gasteiger partial charge on any atom is 0.0627 e. The molecule has 0 spiro atoms. The van der Waals surface area contributed by atoms with Gasteiger partial charge in [-0.25, -0.2) is 0 Å². The molecule has 0 aromatic carbocycles. The third kappa shape index (κ3) is 3.84. The Kier molecular flexibility index (Phi) is 5.69. The van der Waals surface area contributed by atoms with Gasteiger partial charge in [0, 0.05) is 6.20 Å². The van der Waals surface area contributed by atoms with Crippen LogP contribution >= 0.6 is 0 Å². The molecule has 0 aliphatic carbocycles. The first-order valence-electron chi connectivity index (χ1n) is 6.86. The van der Waals surface area contributed by atoms with E-state index in [2.05, 4.69) is 49.7 Å². The van der Waals surface area contributed by atoms with Crippen LogP contribution in [0.1, 0.15) is 52.3 Å². The molecule has 17 heavy (non-hydrogen) atoms. The van der Waals surface area contributed by atoms with Gasteiger partial charge in [0.15, 0.2) is 0 Å². The lowest BCUT2D eigenvalue weighted by Gasteiger charge is -2.17. The molecule has 0 amide bonds. The fourth-order valence-corrected chi connectivity index (χ4v) is 2.12. The van der Waals surface area contributed by atoms with Crippen molar-refractivity contribution in [3.63, 3.8) is 0 Å². The SMILES string of the molecule is CCC(CC)n1ccc(CC(C)C(C)CN)n1. The Morgan fingerprint density at radius 3 is 2.41 bits per heavy atom. The van der Waals surface area contributed by atoms with E-state index in [1.165, 1.54) is 5.69 Å². The van der Waals surface area contributed by atoms with Crippen LogP contribution in [-0.4, -0.2) is 16.3 Å². The van der Waals surface area contributed by atoms with Gasteiger partial charge in [0.05, 0.1) is 11.7 Å². The molecular weight excluding hydrogens is 210 g/mol. The van der Waals surface area contributed by atoms with Crippen LogP contribution in [0.15, 0.2) is 12.3 Å². The summed E-state index contributed by atoms with van der Waals surface area (Å²) in [7, 11) is 0. The standard InChI is InChI=1S/C14H27N3/c1-5-14(6-2)17-8-7-13(16-17)9-11(3)12(4)10-15/h7-8,11-12,14H,5-6,9-10,15H2,1-4H3. The van der Waals surface area contributed by atoms with Crippen molar-refractivity contribution in [3.8, 4) is 0 Å². The van der Waals surface area contributed by atoms with E-state index in [-0.39, 0.29) is 0 Å². The van der Waals surface area contributed by atoms with Crippen LogP contribution in [-0.2, 0) is 6.42 Å². The zero-order valence-corrected chi connectivity index (χ0v) is 11.7. The van der Waals surface area contributed by atoms with E-state index in [0.29, 0.717) is 17.9 Å². The molecule has 0 saturated carbocycles. The van der Waals surface area contributed by atoms with Crippen LogP contribution in [0.5, 0.6) is 0 Å². The summed E-state index contributed by atoms with van der Waals surface area (Å²) in [4.78, 5) is 0. The molecule has 0 fully saturated rings. The number of hydrogen-bond donors (Lipinski definition) is 1. The van der Waals surface area contributed by atoms with E-state index in [1.54, 1.807) is 0 Å². The summed E-state index contributed by atoms with van der Waals surface area (Å²) >= 11 is 0. The van der Waals surface area contributed by atoms with Crippen molar-refractivity contribution < 1.29 is 0 Å². The molecule has 0 bridgehead atoms. The summed E-state index contributed by atoms with van der Waals surface area (Å²) < 4.78 is 2.12. The zero-order valence-electron chi connectivity index (χ0n) is 11.7. The monoisotopic (exact) mass is 237 g/mol. The van der Waals surface area contributed by atoms with Gasteiger partial charge >= 0.3 is 0 Å². The predicted octanol–water partition coefficient (Wildman–Crippen LogP) is 3.02. The molecule has 2 unspecified atom stereocenters. The highest BCUT2D eigenvalue weighted by Gasteiger charge is 2.14. The molecule has 1 heterocycles. The van der Waals surface area contributed by atoms with E-state index in [9.17, 15) is 0 Å². The van der Waals surface area contributed by atoms with E-state index in [1.807, 2.05) is 0 Å². The van der Waals surface area contributed by atoms with Gasteiger partial charge in [-0.15, -0.1) is 0 Å². The molecule has 1 aromatic rings. The normalized spacial score (nSPS) is 15.2. The second-order valence-corrected chi connectivity index (χ2v) is 5.15. The molecule has 1 aromatic heterocycles. The smallest absolute Gasteiger partial charge is 0.0627 e. The minimum atomic E-state index is 0.547. The molecule has 0 aliphatic rings. The average molecular weight is 237 g/mol. The summed E-state index contributed by atoms with van der Waals surface area (Å²) in [6.07, 6.45) is 5.44. The minimum Gasteiger partial charge on any atom is -0.330 e. The summed E-state index contributed by atoms with van der Waals surface area (Å²) in [5.74, 6) is 1.17. The van der Waals surface area contributed by atoms with Gasteiger partial charge in [0.25, 0.3) is 0 Å². The van der Waals surface area contributed by atoms with E-state index < -0.39 is 0 Å². The Labute approximate surface area is 105 Å². The molecule has 0 saturated heterocycles. The van der Waals surface area contributed by atoms with E-state index in [4.69, 9.17) is 5.73 Å². The number of aromatic nitrogens is 2. The van der Waals surface area contributed by atoms with Crippen molar-refractivity contribution in [1.29, 1.82) is 0 Å². The van der Waals surface area contributed by atoms with Crippen LogP contribution in [0, 0.1) is 11.8 Å². The highest BCUT2D eigenvalue weighted by Crippen LogP contribution is 2.18. The van der Waals surface area contributed by atoms with Gasteiger partial charge in [-0.1, -0.05) is 27.7 Å². The molecule has 1 rings (SSSR count). The topological polar surface area (TPSA) is 43.8 Å². The van der Waals surface area contributed by atoms with Crippen molar-refractivity contribution in [2.75, 3.05) is 6.54 Å². The Balaban J connectivity index is 2.62. The van der Waals surface area contributed by atoms with E-state index >= 15 is 0 Å². The van der Waals surface area contributed by atoms with Gasteiger partial charge in [0.2, 0.25) is 0 Å². The predicted molar refractivity (Wildman–Crippen MR) is 72.9 cm³/mol. The summed E-state index contributed by atoms with van der Waals surface area (Å²) in [6, 6.07) is 2.70. The maximum absolute atomic E-state index is 5.70. The largest absolute Gasteiger partial charge is 0.330 e. The molecule has 2 atom stereocenters. The molecule has 2 N–H and O–H groups in total. The second-order valence-electron chi connectivity index (χ2n) is 5.15. The van der Waals surface area contributed by atoms with Crippen LogP contribution in [0.2, 0.25) is 0 Å². The number of rotatable bonds is 7. The quantitative estimate of drug-likeness (QED) is 0.792. The average Bonchev–Trinajstić information content (AvgIpc) is 2.78. The van der Waals surface area contributed by atoms with Crippen molar-refractivity contribution in [2.45, 2.75) is 53.0 Å². The van der Waals surface area contributed by atoms with Crippen molar-refractivity contribution in [1.82, 2.24) is 9.78 Å². The Hall–Kier alpha value is -0.830. The van der Waals surface area contributed by atoms with Crippen LogP contribution in [0.25, 0.3) is 0 Å². The van der Waals surface area contributed by atoms with Crippen LogP contribution < -0.4 is 5.73 Å². The lowest BCUT2D eigenvalue weighted by molar-refractivity contribution is 0.382. The van der Waals surface area contributed by atoms with Crippen LogP contribution in [0.3, 0.4) is 0 Å². The van der Waals surface area contributed by atoms with Crippen molar-refractivity contribution in [2.24, 2.45) is 17.6 Å². The first-order valence-corrected chi connectivity index (χ1v) is 6.86. The fraction of sp³-hybridized carbons (Fsp3) is 0.786. The third-order valence-electron chi connectivity index (χ3n) is 3.85. The lowest BCUT2D eigenvalue weighted by atomic mass is 9.92. The fourth-order valence-electron chi connectivity index (χ4n) is 2.12. The lowest BCUT2D eigenvalue weighted by Crippen LogP contribution is -2.20. The summed E-state index contributed by atoms with van der Waals surface area (Å²) in [5, 5.41) is 4.68. The summed E-state index contributed by atoms with van der Waals surface area (Å²) in [5.41, 5.74) is 6.90. The number of hydrogen-bond acceptors (Lipinski definition) is 2. The van der Waals surface area contributed by atoms with Crippen molar-refractivity contribution >= 4 is 0 Å². The van der Waals surface area contributed by atoms with Gasteiger partial charge in [-0.3, -0.25) is 4.68 Å². The Bertz CT molecular complexity index is 315. The van der Waals surface area contributed by atoms with Gasteiger partial charge in [-0.05, 0) is 43.7 Å².